The van der Waals surface area contributed by atoms with Gasteiger partial charge >= 0.3 is 6.09 Å². The van der Waals surface area contributed by atoms with Crippen LogP contribution in [0.4, 0.5) is 4.79 Å². The van der Waals surface area contributed by atoms with Crippen LogP contribution < -0.4 is 5.32 Å². The van der Waals surface area contributed by atoms with E-state index in [0.717, 1.165) is 22.0 Å². The molecule has 2 aromatic heterocycles. The van der Waals surface area contributed by atoms with Crippen LogP contribution in [0.5, 0.6) is 0 Å². The lowest BCUT2D eigenvalue weighted by atomic mass is 9.98. The van der Waals surface area contributed by atoms with Crippen molar-refractivity contribution in [2.24, 2.45) is 0 Å². The third-order valence-electron chi connectivity index (χ3n) is 4.75. The van der Waals surface area contributed by atoms with Crippen molar-refractivity contribution in [1.29, 1.82) is 0 Å². The molecule has 8 nitrogen and oxygen atoms in total. The van der Waals surface area contributed by atoms with Crippen molar-refractivity contribution in [3.05, 3.63) is 46.1 Å². The van der Waals surface area contributed by atoms with Crippen molar-refractivity contribution in [2.75, 3.05) is 0 Å². The molecule has 0 aliphatic carbocycles. The summed E-state index contributed by atoms with van der Waals surface area (Å²) in [4.78, 5) is 15.7. The Hall–Kier alpha value is -2.58. The molecule has 3 heterocycles. The van der Waals surface area contributed by atoms with Gasteiger partial charge in [0, 0.05) is 11.8 Å². The predicted octanol–water partition coefficient (Wildman–Crippen LogP) is 2.55. The number of amides is 1. The highest BCUT2D eigenvalue weighted by Crippen LogP contribution is 2.36. The zero-order valence-electron chi connectivity index (χ0n) is 14.2. The van der Waals surface area contributed by atoms with E-state index in [0.29, 0.717) is 29.5 Å². The summed E-state index contributed by atoms with van der Waals surface area (Å²) in [7, 11) is 0. The van der Waals surface area contributed by atoms with E-state index in [2.05, 4.69) is 20.5 Å². The molecule has 0 saturated carbocycles. The van der Waals surface area contributed by atoms with Gasteiger partial charge < -0.3 is 20.1 Å². The zero-order valence-corrected chi connectivity index (χ0v) is 15.0. The van der Waals surface area contributed by atoms with Gasteiger partial charge in [0.15, 0.2) is 0 Å². The van der Waals surface area contributed by atoms with E-state index < -0.39 is 17.7 Å². The Morgan fingerprint density at radius 3 is 2.92 bits per heavy atom. The van der Waals surface area contributed by atoms with Crippen LogP contribution in [0, 0.1) is 0 Å². The highest BCUT2D eigenvalue weighted by Gasteiger charge is 2.32. The van der Waals surface area contributed by atoms with Gasteiger partial charge in [0.1, 0.15) is 11.4 Å². The molecule has 0 spiro atoms. The molecule has 0 bridgehead atoms. The van der Waals surface area contributed by atoms with Crippen LogP contribution in [0.1, 0.15) is 42.5 Å². The lowest BCUT2D eigenvalue weighted by Crippen LogP contribution is -2.30. The molecular weight excluding hydrogens is 358 g/mol. The first-order valence-electron chi connectivity index (χ1n) is 8.16. The number of aromatic amines is 1. The van der Waals surface area contributed by atoms with Crippen molar-refractivity contribution in [1.82, 2.24) is 25.1 Å². The topological polar surface area (TPSA) is 116 Å². The number of halogens is 1. The Bertz CT molecular complexity index is 1020. The largest absolute Gasteiger partial charge is 0.465 e. The average molecular weight is 376 g/mol. The number of rotatable bonds is 2. The molecule has 1 aromatic carbocycles. The second kappa shape index (κ2) is 5.72. The summed E-state index contributed by atoms with van der Waals surface area (Å²) < 4.78 is 1.87. The second-order valence-electron chi connectivity index (χ2n) is 7.01. The fourth-order valence-electron chi connectivity index (χ4n) is 3.61. The zero-order chi connectivity index (χ0) is 18.6. The van der Waals surface area contributed by atoms with E-state index in [-0.39, 0.29) is 0 Å². The fourth-order valence-corrected chi connectivity index (χ4v) is 3.88. The van der Waals surface area contributed by atoms with Crippen LogP contribution in [0.2, 0.25) is 5.02 Å². The first-order chi connectivity index (χ1) is 12.3. The Morgan fingerprint density at radius 2 is 2.23 bits per heavy atom. The summed E-state index contributed by atoms with van der Waals surface area (Å²) >= 11 is 6.36. The number of hydrogen-bond donors (Lipinski definition) is 4. The molecule has 0 radical (unpaired) electrons. The summed E-state index contributed by atoms with van der Waals surface area (Å²) in [5.74, 6) is 0.563. The summed E-state index contributed by atoms with van der Waals surface area (Å²) in [6.07, 6.45) is 2.59. The number of carbonyl (C=O) groups is 1. The molecule has 1 aliphatic heterocycles. The molecule has 4 N–H and O–H groups in total. The number of carboxylic acid groups (broad SMARTS) is 1. The van der Waals surface area contributed by atoms with E-state index >= 15 is 0 Å². The third-order valence-corrected chi connectivity index (χ3v) is 5.05. The van der Waals surface area contributed by atoms with Gasteiger partial charge in [-0.05, 0) is 31.0 Å². The quantitative estimate of drug-likeness (QED) is 0.549. The lowest BCUT2D eigenvalue weighted by Gasteiger charge is -2.21. The molecule has 26 heavy (non-hydrogen) atoms. The van der Waals surface area contributed by atoms with Crippen LogP contribution in [-0.2, 0) is 18.6 Å². The second-order valence-corrected chi connectivity index (χ2v) is 7.41. The van der Waals surface area contributed by atoms with Crippen molar-refractivity contribution >= 4 is 28.6 Å². The number of imidazole rings is 1. The van der Waals surface area contributed by atoms with Gasteiger partial charge in [0.05, 0.1) is 41.2 Å². The van der Waals surface area contributed by atoms with Gasteiger partial charge in [-0.25, -0.2) is 9.78 Å². The monoisotopic (exact) mass is 375 g/mol. The summed E-state index contributed by atoms with van der Waals surface area (Å²) in [5.41, 5.74) is 2.14. The van der Waals surface area contributed by atoms with Crippen LogP contribution in [-0.4, -0.2) is 36.1 Å². The Kier molecular flexibility index (Phi) is 3.71. The van der Waals surface area contributed by atoms with E-state index in [9.17, 15) is 15.0 Å². The number of nitrogens with one attached hydrogen (secondary N) is 2. The predicted molar refractivity (Wildman–Crippen MR) is 95.3 cm³/mol. The van der Waals surface area contributed by atoms with Crippen LogP contribution in [0.25, 0.3) is 10.9 Å². The number of fused-ring (bicyclic) bond motifs is 4. The van der Waals surface area contributed by atoms with Gasteiger partial charge in [0.25, 0.3) is 0 Å². The van der Waals surface area contributed by atoms with Gasteiger partial charge in [-0.15, -0.1) is 0 Å². The van der Waals surface area contributed by atoms with Crippen molar-refractivity contribution in [2.45, 2.75) is 38.5 Å². The van der Waals surface area contributed by atoms with Gasteiger partial charge in [-0.3, -0.25) is 5.10 Å². The number of aromatic nitrogens is 4. The standard InChI is InChI=1S/C17H18ClN5O3/c1-17(2,26)13-6-19-15-12(21-16(24)25)4-8-3-11(18)14-9(5-20-22-14)10(8)7-23(13)15/h3,5-6,12,21,26H,4,7H2,1-2H3,(H,20,22)(H,24,25). The molecule has 3 aromatic rings. The first kappa shape index (κ1) is 16.9. The molecule has 0 fully saturated rings. The van der Waals surface area contributed by atoms with E-state index in [1.165, 1.54) is 0 Å². The maximum atomic E-state index is 11.3. The molecule has 1 aliphatic rings. The number of benzene rings is 1. The molecule has 9 heteroatoms. The Morgan fingerprint density at radius 1 is 1.46 bits per heavy atom. The van der Waals surface area contributed by atoms with E-state index in [4.69, 9.17) is 11.6 Å². The molecule has 136 valence electrons. The highest BCUT2D eigenvalue weighted by atomic mass is 35.5. The maximum absolute atomic E-state index is 11.3. The number of hydrogen-bond acceptors (Lipinski definition) is 4. The van der Waals surface area contributed by atoms with Crippen LogP contribution in [0.15, 0.2) is 18.5 Å². The minimum Gasteiger partial charge on any atom is -0.465 e. The molecule has 1 unspecified atom stereocenters. The minimum atomic E-state index is -1.13. The molecular formula is C17H18ClN5O3. The number of nitrogens with zero attached hydrogens (tertiary/aromatic N) is 3. The first-order valence-corrected chi connectivity index (χ1v) is 8.54. The van der Waals surface area contributed by atoms with Crippen molar-refractivity contribution in [3.63, 3.8) is 0 Å². The van der Waals surface area contributed by atoms with E-state index in [1.807, 2.05) is 10.6 Å². The molecule has 0 saturated heterocycles. The fraction of sp³-hybridized carbons (Fsp3) is 0.353. The molecule has 1 atom stereocenters. The van der Waals surface area contributed by atoms with Crippen molar-refractivity contribution in [3.8, 4) is 0 Å². The SMILES string of the molecule is CC(C)(O)c1cnc2n1Cc1c(cc(Cl)c3[nH]ncc13)CC2NC(=O)O. The number of H-pyrrole nitrogens is 1. The molecule has 1 amide bonds. The van der Waals surface area contributed by atoms with Crippen LogP contribution >= 0.6 is 11.6 Å². The summed E-state index contributed by atoms with van der Waals surface area (Å²) in [6, 6.07) is 1.29. The highest BCUT2D eigenvalue weighted by molar-refractivity contribution is 6.35. The maximum Gasteiger partial charge on any atom is 0.405 e. The van der Waals surface area contributed by atoms with Gasteiger partial charge in [-0.2, -0.15) is 5.10 Å². The van der Waals surface area contributed by atoms with Crippen LogP contribution in [0.3, 0.4) is 0 Å². The normalized spacial score (nSPS) is 16.8. The smallest absolute Gasteiger partial charge is 0.405 e. The minimum absolute atomic E-state index is 0.408. The lowest BCUT2D eigenvalue weighted by molar-refractivity contribution is 0.0698. The third kappa shape index (κ3) is 2.62. The Balaban J connectivity index is 1.96. The van der Waals surface area contributed by atoms with E-state index in [1.54, 1.807) is 26.2 Å². The van der Waals surface area contributed by atoms with Crippen molar-refractivity contribution < 1.29 is 15.0 Å². The average Bonchev–Trinajstić information content (AvgIpc) is 3.14. The summed E-state index contributed by atoms with van der Waals surface area (Å²) in [5, 5.41) is 30.7. The van der Waals surface area contributed by atoms with Gasteiger partial charge in [-0.1, -0.05) is 11.6 Å². The summed E-state index contributed by atoms with van der Waals surface area (Å²) in [6.45, 7) is 3.80. The van der Waals surface area contributed by atoms with Gasteiger partial charge in [0.2, 0.25) is 0 Å². The Labute approximate surface area is 153 Å². The number of aliphatic hydroxyl groups is 1. The molecule has 4 rings (SSSR count).